The van der Waals surface area contributed by atoms with E-state index in [4.69, 9.17) is 5.73 Å². The first-order chi connectivity index (χ1) is 10.1. The van der Waals surface area contributed by atoms with Gasteiger partial charge in [0.2, 0.25) is 11.8 Å². The zero-order chi connectivity index (χ0) is 15.2. The fourth-order valence-corrected chi connectivity index (χ4v) is 3.39. The molecular formula is C16H29N3O2. The Morgan fingerprint density at radius 2 is 1.86 bits per heavy atom. The lowest BCUT2D eigenvalue weighted by atomic mass is 9.94. The SMILES string of the molecule is CCCCNC(=O)C1CCN(C(=O)C2CCC(N)C2)CC1. The van der Waals surface area contributed by atoms with Crippen LogP contribution in [0, 0.1) is 11.8 Å². The van der Waals surface area contributed by atoms with Crippen molar-refractivity contribution in [1.82, 2.24) is 10.2 Å². The number of unbranched alkanes of at least 4 members (excludes halogenated alkanes) is 1. The van der Waals surface area contributed by atoms with Crippen molar-refractivity contribution in [3.8, 4) is 0 Å². The van der Waals surface area contributed by atoms with Gasteiger partial charge in [-0.05, 0) is 38.5 Å². The van der Waals surface area contributed by atoms with Crippen LogP contribution in [0.15, 0.2) is 0 Å². The molecule has 1 aliphatic carbocycles. The molecule has 2 atom stereocenters. The Balaban J connectivity index is 1.72. The molecule has 1 saturated carbocycles. The summed E-state index contributed by atoms with van der Waals surface area (Å²) in [5.41, 5.74) is 5.89. The largest absolute Gasteiger partial charge is 0.356 e. The van der Waals surface area contributed by atoms with Crippen molar-refractivity contribution in [2.45, 2.75) is 57.9 Å². The van der Waals surface area contributed by atoms with Crippen LogP contribution in [-0.2, 0) is 9.59 Å². The number of hydrogen-bond donors (Lipinski definition) is 2. The number of carbonyl (C=O) groups excluding carboxylic acids is 2. The molecule has 120 valence electrons. The average molecular weight is 295 g/mol. The smallest absolute Gasteiger partial charge is 0.225 e. The monoisotopic (exact) mass is 295 g/mol. The molecule has 0 aromatic heterocycles. The first kappa shape index (κ1) is 16.3. The third-order valence-electron chi connectivity index (χ3n) is 4.83. The highest BCUT2D eigenvalue weighted by Gasteiger charge is 2.33. The second kappa shape index (κ2) is 7.78. The maximum atomic E-state index is 12.4. The van der Waals surface area contributed by atoms with E-state index >= 15 is 0 Å². The molecule has 0 aromatic carbocycles. The van der Waals surface area contributed by atoms with Gasteiger partial charge in [0.15, 0.2) is 0 Å². The maximum Gasteiger partial charge on any atom is 0.225 e. The molecule has 1 aliphatic heterocycles. The van der Waals surface area contributed by atoms with Gasteiger partial charge in [0.05, 0.1) is 0 Å². The standard InChI is InChI=1S/C16H29N3O2/c1-2-3-8-18-15(20)12-6-9-19(10-7-12)16(21)13-4-5-14(17)11-13/h12-14H,2-11,17H2,1H3,(H,18,20). The number of amides is 2. The molecule has 5 nitrogen and oxygen atoms in total. The van der Waals surface area contributed by atoms with Gasteiger partial charge >= 0.3 is 0 Å². The number of likely N-dealkylation sites (tertiary alicyclic amines) is 1. The predicted molar refractivity (Wildman–Crippen MR) is 82.5 cm³/mol. The third-order valence-corrected chi connectivity index (χ3v) is 4.83. The Morgan fingerprint density at radius 1 is 1.14 bits per heavy atom. The van der Waals surface area contributed by atoms with Crippen LogP contribution in [-0.4, -0.2) is 42.4 Å². The number of piperidine rings is 1. The van der Waals surface area contributed by atoms with E-state index in [1.165, 1.54) is 0 Å². The summed E-state index contributed by atoms with van der Waals surface area (Å²) in [6.07, 6.45) is 6.44. The molecule has 2 unspecified atom stereocenters. The molecule has 5 heteroatoms. The summed E-state index contributed by atoms with van der Waals surface area (Å²) in [4.78, 5) is 26.4. The molecule has 0 bridgehead atoms. The van der Waals surface area contributed by atoms with E-state index in [1.807, 2.05) is 4.90 Å². The van der Waals surface area contributed by atoms with E-state index in [0.717, 1.165) is 64.6 Å². The molecular weight excluding hydrogens is 266 g/mol. The number of nitrogens with one attached hydrogen (secondary N) is 1. The molecule has 0 aromatic rings. The highest BCUT2D eigenvalue weighted by molar-refractivity contribution is 5.81. The second-order valence-electron chi connectivity index (χ2n) is 6.51. The van der Waals surface area contributed by atoms with Crippen molar-refractivity contribution in [2.75, 3.05) is 19.6 Å². The number of rotatable bonds is 5. The molecule has 2 amide bonds. The number of nitrogens with two attached hydrogens (primary N) is 1. The molecule has 21 heavy (non-hydrogen) atoms. The van der Waals surface area contributed by atoms with Crippen LogP contribution in [0.2, 0.25) is 0 Å². The number of carbonyl (C=O) groups is 2. The molecule has 0 radical (unpaired) electrons. The summed E-state index contributed by atoms with van der Waals surface area (Å²) in [6, 6.07) is 0.195. The second-order valence-corrected chi connectivity index (χ2v) is 6.51. The van der Waals surface area contributed by atoms with E-state index < -0.39 is 0 Å². The molecule has 2 aliphatic rings. The first-order valence-corrected chi connectivity index (χ1v) is 8.44. The van der Waals surface area contributed by atoms with Crippen LogP contribution in [0.5, 0.6) is 0 Å². The van der Waals surface area contributed by atoms with Crippen LogP contribution in [0.1, 0.15) is 51.9 Å². The van der Waals surface area contributed by atoms with E-state index in [0.29, 0.717) is 0 Å². The summed E-state index contributed by atoms with van der Waals surface area (Å²) in [7, 11) is 0. The molecule has 1 saturated heterocycles. The van der Waals surface area contributed by atoms with Crippen molar-refractivity contribution in [2.24, 2.45) is 17.6 Å². The van der Waals surface area contributed by atoms with Crippen molar-refractivity contribution in [3.63, 3.8) is 0 Å². The Bertz CT molecular complexity index is 365. The Kier molecular flexibility index (Phi) is 6.03. The lowest BCUT2D eigenvalue weighted by Crippen LogP contribution is -2.45. The normalized spacial score (nSPS) is 26.9. The Labute approximate surface area is 127 Å². The Hall–Kier alpha value is -1.10. The first-order valence-electron chi connectivity index (χ1n) is 8.44. The third kappa shape index (κ3) is 4.43. The van der Waals surface area contributed by atoms with Gasteiger partial charge in [-0.3, -0.25) is 9.59 Å². The molecule has 0 spiro atoms. The van der Waals surface area contributed by atoms with Crippen molar-refractivity contribution >= 4 is 11.8 Å². The minimum absolute atomic E-state index is 0.0803. The minimum atomic E-state index is 0.0803. The van der Waals surface area contributed by atoms with Crippen molar-refractivity contribution < 1.29 is 9.59 Å². The fourth-order valence-electron chi connectivity index (χ4n) is 3.39. The van der Waals surface area contributed by atoms with Gasteiger partial charge in [-0.15, -0.1) is 0 Å². The van der Waals surface area contributed by atoms with Gasteiger partial charge in [0.1, 0.15) is 0 Å². The summed E-state index contributed by atoms with van der Waals surface area (Å²) in [6.45, 7) is 4.33. The van der Waals surface area contributed by atoms with Crippen molar-refractivity contribution in [1.29, 1.82) is 0 Å². The zero-order valence-electron chi connectivity index (χ0n) is 13.1. The molecule has 2 fully saturated rings. The molecule has 1 heterocycles. The number of nitrogens with zero attached hydrogens (tertiary/aromatic N) is 1. The van der Waals surface area contributed by atoms with Gasteiger partial charge in [-0.1, -0.05) is 13.3 Å². The van der Waals surface area contributed by atoms with Crippen LogP contribution in [0.4, 0.5) is 0 Å². The van der Waals surface area contributed by atoms with Crippen LogP contribution in [0.3, 0.4) is 0 Å². The maximum absolute atomic E-state index is 12.4. The van der Waals surface area contributed by atoms with E-state index in [2.05, 4.69) is 12.2 Å². The highest BCUT2D eigenvalue weighted by Crippen LogP contribution is 2.28. The van der Waals surface area contributed by atoms with Crippen molar-refractivity contribution in [3.05, 3.63) is 0 Å². The summed E-state index contributed by atoms with van der Waals surface area (Å²) < 4.78 is 0. The highest BCUT2D eigenvalue weighted by atomic mass is 16.2. The van der Waals surface area contributed by atoms with Gasteiger partial charge in [0.25, 0.3) is 0 Å². The lowest BCUT2D eigenvalue weighted by Gasteiger charge is -2.33. The van der Waals surface area contributed by atoms with Crippen LogP contribution < -0.4 is 11.1 Å². The van der Waals surface area contributed by atoms with Crippen LogP contribution >= 0.6 is 0 Å². The summed E-state index contributed by atoms with van der Waals surface area (Å²) in [5, 5.41) is 3.00. The topological polar surface area (TPSA) is 75.4 Å². The van der Waals surface area contributed by atoms with Gasteiger partial charge in [-0.2, -0.15) is 0 Å². The fraction of sp³-hybridized carbons (Fsp3) is 0.875. The van der Waals surface area contributed by atoms with Gasteiger partial charge < -0.3 is 16.0 Å². The van der Waals surface area contributed by atoms with E-state index in [-0.39, 0.29) is 29.7 Å². The molecule has 2 rings (SSSR count). The predicted octanol–water partition coefficient (Wildman–Crippen LogP) is 1.27. The Morgan fingerprint density at radius 3 is 2.43 bits per heavy atom. The zero-order valence-corrected chi connectivity index (χ0v) is 13.1. The van der Waals surface area contributed by atoms with Crippen LogP contribution in [0.25, 0.3) is 0 Å². The minimum Gasteiger partial charge on any atom is -0.356 e. The summed E-state index contributed by atoms with van der Waals surface area (Å²) in [5.74, 6) is 0.623. The summed E-state index contributed by atoms with van der Waals surface area (Å²) >= 11 is 0. The van der Waals surface area contributed by atoms with Gasteiger partial charge in [0, 0.05) is 37.5 Å². The van der Waals surface area contributed by atoms with Gasteiger partial charge in [-0.25, -0.2) is 0 Å². The lowest BCUT2D eigenvalue weighted by molar-refractivity contribution is -0.139. The van der Waals surface area contributed by atoms with E-state index in [1.54, 1.807) is 0 Å². The number of hydrogen-bond acceptors (Lipinski definition) is 3. The molecule has 3 N–H and O–H groups in total. The van der Waals surface area contributed by atoms with E-state index in [9.17, 15) is 9.59 Å². The average Bonchev–Trinajstić information content (AvgIpc) is 2.93. The quantitative estimate of drug-likeness (QED) is 0.750.